The molecule has 0 radical (unpaired) electrons. The molecule has 1 heterocycles. The van der Waals surface area contributed by atoms with E-state index >= 15 is 0 Å². The van der Waals surface area contributed by atoms with Crippen LogP contribution in [0, 0.1) is 0 Å². The summed E-state index contributed by atoms with van der Waals surface area (Å²) in [6.45, 7) is 2.61. The molecule has 2 aromatic rings. The summed E-state index contributed by atoms with van der Waals surface area (Å²) in [5.41, 5.74) is 3.40. The lowest BCUT2D eigenvalue weighted by Gasteiger charge is -2.22. The first kappa shape index (κ1) is 20.4. The zero-order valence-electron chi connectivity index (χ0n) is 14.9. The summed E-state index contributed by atoms with van der Waals surface area (Å²) < 4.78 is 5.84. The van der Waals surface area contributed by atoms with Crippen molar-refractivity contribution >= 4 is 18.3 Å². The molecular weight excluding hydrogens is 348 g/mol. The molecule has 0 spiro atoms. The quantitative estimate of drug-likeness (QED) is 0.778. The molecule has 1 amide bonds. The maximum atomic E-state index is 12.3. The van der Waals surface area contributed by atoms with Crippen LogP contribution < -0.4 is 10.6 Å². The number of carbonyl (C=O) groups is 1. The second kappa shape index (κ2) is 11.0. The van der Waals surface area contributed by atoms with Gasteiger partial charge in [0.05, 0.1) is 19.3 Å². The van der Waals surface area contributed by atoms with Crippen molar-refractivity contribution in [1.82, 2.24) is 10.6 Å². The number of amides is 1. The maximum absolute atomic E-state index is 12.3. The van der Waals surface area contributed by atoms with E-state index in [0.29, 0.717) is 19.8 Å². The second-order valence-corrected chi connectivity index (χ2v) is 6.47. The van der Waals surface area contributed by atoms with Crippen LogP contribution in [0.5, 0.6) is 0 Å². The Balaban J connectivity index is 0.00000243. The summed E-state index contributed by atoms with van der Waals surface area (Å²) in [5, 5.41) is 6.35. The number of benzene rings is 2. The van der Waals surface area contributed by atoms with Crippen molar-refractivity contribution in [2.24, 2.45) is 0 Å². The van der Waals surface area contributed by atoms with Crippen LogP contribution in [0.25, 0.3) is 0 Å². The minimum atomic E-state index is -0.0461. The van der Waals surface area contributed by atoms with Crippen molar-refractivity contribution in [3.8, 4) is 0 Å². The molecule has 0 aromatic heterocycles. The molecule has 140 valence electrons. The molecule has 0 aliphatic carbocycles. The van der Waals surface area contributed by atoms with E-state index in [1.807, 2.05) is 30.3 Å². The largest absolute Gasteiger partial charge is 0.372 e. The SMILES string of the molecule is Cl.O=C(NCc1ccccc1COCc1ccccc1)[C@@H]1CCCCN1. The highest BCUT2D eigenvalue weighted by atomic mass is 35.5. The van der Waals surface area contributed by atoms with Crippen LogP contribution in [-0.2, 0) is 29.3 Å². The van der Waals surface area contributed by atoms with Crippen molar-refractivity contribution in [2.45, 2.75) is 45.1 Å². The molecular formula is C21H27ClN2O2. The fraction of sp³-hybridized carbons (Fsp3) is 0.381. The van der Waals surface area contributed by atoms with E-state index in [2.05, 4.69) is 34.9 Å². The van der Waals surface area contributed by atoms with Crippen LogP contribution in [0.2, 0.25) is 0 Å². The predicted octanol–water partition coefficient (Wildman–Crippen LogP) is 3.58. The lowest BCUT2D eigenvalue weighted by Crippen LogP contribution is -2.46. The normalized spacial score (nSPS) is 16.5. The topological polar surface area (TPSA) is 50.4 Å². The van der Waals surface area contributed by atoms with E-state index in [9.17, 15) is 4.79 Å². The highest BCUT2D eigenvalue weighted by Gasteiger charge is 2.20. The Morgan fingerprint density at radius 2 is 1.73 bits per heavy atom. The van der Waals surface area contributed by atoms with Crippen molar-refractivity contribution in [1.29, 1.82) is 0 Å². The Labute approximate surface area is 161 Å². The first-order valence-electron chi connectivity index (χ1n) is 9.02. The van der Waals surface area contributed by atoms with Gasteiger partial charge in [-0.15, -0.1) is 12.4 Å². The summed E-state index contributed by atoms with van der Waals surface area (Å²) in [7, 11) is 0. The molecule has 1 aliphatic heterocycles. The third-order valence-corrected chi connectivity index (χ3v) is 4.57. The zero-order valence-corrected chi connectivity index (χ0v) is 15.8. The summed E-state index contributed by atoms with van der Waals surface area (Å²) in [6, 6.07) is 18.2. The Morgan fingerprint density at radius 3 is 2.46 bits per heavy atom. The molecule has 1 saturated heterocycles. The lowest BCUT2D eigenvalue weighted by molar-refractivity contribution is -0.123. The number of piperidine rings is 1. The van der Waals surface area contributed by atoms with Crippen molar-refractivity contribution in [2.75, 3.05) is 6.54 Å². The van der Waals surface area contributed by atoms with E-state index in [-0.39, 0.29) is 24.4 Å². The van der Waals surface area contributed by atoms with Crippen LogP contribution in [0.1, 0.15) is 36.0 Å². The third kappa shape index (κ3) is 6.13. The summed E-state index contributed by atoms with van der Waals surface area (Å²) in [4.78, 5) is 12.3. The number of hydrogen-bond acceptors (Lipinski definition) is 3. The van der Waals surface area contributed by atoms with Gasteiger partial charge < -0.3 is 15.4 Å². The average molecular weight is 375 g/mol. The van der Waals surface area contributed by atoms with Gasteiger partial charge in [-0.05, 0) is 36.1 Å². The zero-order chi connectivity index (χ0) is 17.3. The summed E-state index contributed by atoms with van der Waals surface area (Å²) in [6.07, 6.45) is 3.20. The standard InChI is InChI=1S/C21H26N2O2.ClH/c24-21(20-12-6-7-13-22-20)23-14-18-10-4-5-11-19(18)16-25-15-17-8-2-1-3-9-17;/h1-5,8-11,20,22H,6-7,12-16H2,(H,23,24);1H/t20-;/m0./s1. The minimum absolute atomic E-state index is 0. The van der Waals surface area contributed by atoms with Gasteiger partial charge in [0.25, 0.3) is 0 Å². The molecule has 2 aromatic carbocycles. The van der Waals surface area contributed by atoms with E-state index < -0.39 is 0 Å². The van der Waals surface area contributed by atoms with Gasteiger partial charge in [-0.3, -0.25) is 4.79 Å². The molecule has 26 heavy (non-hydrogen) atoms. The first-order valence-corrected chi connectivity index (χ1v) is 9.02. The Morgan fingerprint density at radius 1 is 1.00 bits per heavy atom. The highest BCUT2D eigenvalue weighted by Crippen LogP contribution is 2.12. The Hall–Kier alpha value is -1.88. The van der Waals surface area contributed by atoms with Gasteiger partial charge in [-0.1, -0.05) is 61.0 Å². The van der Waals surface area contributed by atoms with Crippen LogP contribution in [0.15, 0.2) is 54.6 Å². The van der Waals surface area contributed by atoms with E-state index in [1.54, 1.807) is 0 Å². The lowest BCUT2D eigenvalue weighted by atomic mass is 10.0. The van der Waals surface area contributed by atoms with Gasteiger partial charge >= 0.3 is 0 Å². The molecule has 3 rings (SSSR count). The number of ether oxygens (including phenoxy) is 1. The van der Waals surface area contributed by atoms with Gasteiger partial charge in [0.2, 0.25) is 5.91 Å². The highest BCUT2D eigenvalue weighted by molar-refractivity contribution is 5.85. The fourth-order valence-electron chi connectivity index (χ4n) is 3.10. The van der Waals surface area contributed by atoms with E-state index in [1.165, 1.54) is 0 Å². The number of nitrogens with one attached hydrogen (secondary N) is 2. The minimum Gasteiger partial charge on any atom is -0.372 e. The van der Waals surface area contributed by atoms with Crippen molar-refractivity contribution < 1.29 is 9.53 Å². The number of halogens is 1. The number of carbonyl (C=O) groups excluding carboxylic acids is 1. The number of hydrogen-bond donors (Lipinski definition) is 2. The second-order valence-electron chi connectivity index (χ2n) is 6.47. The molecule has 0 bridgehead atoms. The molecule has 4 nitrogen and oxygen atoms in total. The van der Waals surface area contributed by atoms with Crippen LogP contribution in [0.4, 0.5) is 0 Å². The summed E-state index contributed by atoms with van der Waals surface area (Å²) in [5.74, 6) is 0.0970. The number of rotatable bonds is 7. The Bertz CT molecular complexity index is 673. The van der Waals surface area contributed by atoms with Crippen LogP contribution in [-0.4, -0.2) is 18.5 Å². The molecule has 1 fully saturated rings. The van der Waals surface area contributed by atoms with Crippen LogP contribution >= 0.6 is 12.4 Å². The van der Waals surface area contributed by atoms with Gasteiger partial charge in [-0.2, -0.15) is 0 Å². The van der Waals surface area contributed by atoms with Crippen molar-refractivity contribution in [3.63, 3.8) is 0 Å². The van der Waals surface area contributed by atoms with Gasteiger partial charge in [0.1, 0.15) is 0 Å². The molecule has 5 heteroatoms. The fourth-order valence-corrected chi connectivity index (χ4v) is 3.10. The molecule has 0 unspecified atom stereocenters. The maximum Gasteiger partial charge on any atom is 0.237 e. The van der Waals surface area contributed by atoms with Gasteiger partial charge in [0.15, 0.2) is 0 Å². The molecule has 1 aliphatic rings. The molecule has 2 N–H and O–H groups in total. The first-order chi connectivity index (χ1) is 12.3. The molecule has 1 atom stereocenters. The Kier molecular flexibility index (Phi) is 8.62. The third-order valence-electron chi connectivity index (χ3n) is 4.57. The predicted molar refractivity (Wildman–Crippen MR) is 106 cm³/mol. The monoisotopic (exact) mass is 374 g/mol. The average Bonchev–Trinajstić information content (AvgIpc) is 2.68. The van der Waals surface area contributed by atoms with Gasteiger partial charge in [0, 0.05) is 6.54 Å². The summed E-state index contributed by atoms with van der Waals surface area (Å²) >= 11 is 0. The van der Waals surface area contributed by atoms with Crippen molar-refractivity contribution in [3.05, 3.63) is 71.3 Å². The molecule has 0 saturated carbocycles. The smallest absolute Gasteiger partial charge is 0.237 e. The van der Waals surface area contributed by atoms with Crippen LogP contribution in [0.3, 0.4) is 0 Å². The van der Waals surface area contributed by atoms with E-state index in [0.717, 1.165) is 42.5 Å². The van der Waals surface area contributed by atoms with Gasteiger partial charge in [-0.25, -0.2) is 0 Å². The van der Waals surface area contributed by atoms with E-state index in [4.69, 9.17) is 4.74 Å².